The molecule has 0 aliphatic rings. The van der Waals surface area contributed by atoms with Crippen LogP contribution in [0.15, 0.2) is 112 Å². The topological polar surface area (TPSA) is 427 Å². The molecule has 0 bridgehead atoms. The number of azo groups is 2. The summed E-state index contributed by atoms with van der Waals surface area (Å²) in [6, 6.07) is 11.9. The predicted molar refractivity (Wildman–Crippen MR) is 196 cm³/mol. The van der Waals surface area contributed by atoms with Gasteiger partial charge in [-0.25, -0.2) is 25.3 Å². The van der Waals surface area contributed by atoms with Gasteiger partial charge in [-0.2, -0.15) is 28.7 Å². The van der Waals surface area contributed by atoms with E-state index in [1.54, 1.807) is 0 Å². The van der Waals surface area contributed by atoms with Crippen molar-refractivity contribution in [3.05, 3.63) is 66.7 Å². The number of phenols is 1. The Morgan fingerprint density at radius 3 is 1.85 bits per heavy atom. The standard InChI is InChI=1S/C29H22N10O16S5.5Na/c30-27-33-28(31)35-29(34-27)32-25-22-12(7-19(57-55-53-42)23(26(22)40)38-36-13-3-1-4-14(9-13)56-54-52-41)8-21(60(49,50)51)24(25)39-37-18-6-2-5-16-17(18)10-15(58(43,44)45)11-20(16)59(46,47)48;;;;;/h1-11,40-42H,(H,43,44,45)(H,46,47,48)(H,49,50,51)(H5,30,31,32,33,34,35);;;;;/q;5*+1/p-5. The van der Waals surface area contributed by atoms with Gasteiger partial charge >= 0.3 is 148 Å². The zero-order valence-electron chi connectivity index (χ0n) is 33.7. The maximum absolute atomic E-state index is 12.9. The minimum atomic E-state index is -5.63. The van der Waals surface area contributed by atoms with Gasteiger partial charge in [0.1, 0.15) is 41.7 Å². The van der Waals surface area contributed by atoms with Crippen LogP contribution < -0.4 is 175 Å². The van der Waals surface area contributed by atoms with Gasteiger partial charge in [-0.15, -0.1) is 15.3 Å². The smallest absolute Gasteiger partial charge is 0.744 e. The maximum Gasteiger partial charge on any atom is 1.00 e. The number of aromatic hydroxyl groups is 1. The second kappa shape index (κ2) is 26.4. The van der Waals surface area contributed by atoms with E-state index < -0.39 is 108 Å². The van der Waals surface area contributed by atoms with E-state index in [9.17, 15) is 54.5 Å². The Kier molecular flexibility index (Phi) is 25.3. The van der Waals surface area contributed by atoms with Crippen LogP contribution in [0.1, 0.15) is 0 Å². The van der Waals surface area contributed by atoms with E-state index in [0.717, 1.165) is 24.3 Å². The number of anilines is 4. The first-order valence-electron chi connectivity index (χ1n) is 15.3. The first kappa shape index (κ1) is 62.2. The number of nitrogen functional groups attached to an aromatic ring is 2. The van der Waals surface area contributed by atoms with Gasteiger partial charge in [0.25, 0.3) is 0 Å². The molecule has 6 rings (SSSR count). The number of hydrogen-bond donors (Lipinski definition) is 4. The number of nitrogens with two attached hydrogens (primary N) is 2. The van der Waals surface area contributed by atoms with Crippen molar-refractivity contribution >= 4 is 122 Å². The van der Waals surface area contributed by atoms with E-state index in [2.05, 4.69) is 59.5 Å². The molecule has 1 aromatic heterocycles. The van der Waals surface area contributed by atoms with E-state index in [-0.39, 0.29) is 176 Å². The molecule has 36 heteroatoms. The van der Waals surface area contributed by atoms with Gasteiger partial charge in [0.15, 0.2) is 5.75 Å². The largest absolute Gasteiger partial charge is 1.00 e. The molecule has 65 heavy (non-hydrogen) atoms. The molecule has 0 saturated carbocycles. The Morgan fingerprint density at radius 1 is 0.646 bits per heavy atom. The van der Waals surface area contributed by atoms with E-state index >= 15 is 0 Å². The third-order valence-electron chi connectivity index (χ3n) is 7.57. The Morgan fingerprint density at radius 2 is 1.25 bits per heavy atom. The molecule has 6 aromatic rings. The van der Waals surface area contributed by atoms with Crippen LogP contribution in [-0.2, 0) is 49.1 Å². The summed E-state index contributed by atoms with van der Waals surface area (Å²) in [7, 11) is -16.5. The van der Waals surface area contributed by atoms with Crippen LogP contribution in [0.25, 0.3) is 21.5 Å². The number of rotatable bonds is 15. The van der Waals surface area contributed by atoms with Crippen molar-refractivity contribution < 1.29 is 221 Å². The third kappa shape index (κ3) is 15.6. The average Bonchev–Trinajstić information content (AvgIpc) is 3.16. The van der Waals surface area contributed by atoms with Crippen LogP contribution in [0.3, 0.4) is 0 Å². The molecule has 0 atom stereocenters. The minimum absolute atomic E-state index is 0. The van der Waals surface area contributed by atoms with Gasteiger partial charge in [0.05, 0.1) is 66.1 Å². The first-order chi connectivity index (χ1) is 28.3. The van der Waals surface area contributed by atoms with Gasteiger partial charge in [0.2, 0.25) is 17.8 Å². The number of benzene rings is 5. The molecule has 26 nitrogen and oxygen atoms in total. The van der Waals surface area contributed by atoms with Gasteiger partial charge in [0, 0.05) is 15.7 Å². The summed E-state index contributed by atoms with van der Waals surface area (Å²) in [5.74, 6) is -2.39. The number of hydrogen-bond acceptors (Lipinski definition) is 28. The monoisotopic (exact) mass is 1040 g/mol. The molecular weight excluding hydrogens is 1020 g/mol. The second-order valence-corrected chi connectivity index (χ2v) is 16.9. The van der Waals surface area contributed by atoms with Crippen molar-refractivity contribution in [2.75, 3.05) is 16.8 Å². The molecule has 5 aromatic carbocycles. The molecule has 0 aliphatic heterocycles. The van der Waals surface area contributed by atoms with Crippen LogP contribution in [0, 0.1) is 0 Å². The summed E-state index contributed by atoms with van der Waals surface area (Å²) in [5, 5.41) is 56.6. The predicted octanol–water partition coefficient (Wildman–Crippen LogP) is -12.2. The summed E-state index contributed by atoms with van der Waals surface area (Å²) in [5.41, 5.74) is 8.96. The van der Waals surface area contributed by atoms with E-state index in [1.807, 2.05) is 0 Å². The minimum Gasteiger partial charge on any atom is -0.744 e. The molecule has 0 fully saturated rings. The molecule has 1 heterocycles. The zero-order valence-corrected chi connectivity index (χ0v) is 47.8. The summed E-state index contributed by atoms with van der Waals surface area (Å²) in [6.07, 6.45) is 0. The van der Waals surface area contributed by atoms with Crippen LogP contribution in [0.4, 0.5) is 46.3 Å². The van der Waals surface area contributed by atoms with Crippen LogP contribution >= 0.6 is 24.1 Å². The summed E-state index contributed by atoms with van der Waals surface area (Å²) < 4.78 is 120. The Bertz CT molecular complexity index is 3090. The van der Waals surface area contributed by atoms with Crippen molar-refractivity contribution in [3.63, 3.8) is 0 Å². The van der Waals surface area contributed by atoms with Crippen molar-refractivity contribution in [3.8, 4) is 5.75 Å². The first-order valence-corrected chi connectivity index (χ1v) is 21.0. The fraction of sp³-hybridized carbons (Fsp3) is 0. The summed E-state index contributed by atoms with van der Waals surface area (Å²) >= 11 is 0.674. The number of nitrogens with zero attached hydrogens (tertiary/aromatic N) is 7. The van der Waals surface area contributed by atoms with Crippen LogP contribution in [0.2, 0.25) is 0 Å². The number of aromatic nitrogens is 3. The molecular formula is C29H17N10Na5O16S5. The Balaban J connectivity index is 0.00000422. The normalized spacial score (nSPS) is 11.6. The molecule has 0 spiro atoms. The average molecular weight is 1040 g/mol. The number of fused-ring (bicyclic) bond motifs is 2. The molecule has 6 N–H and O–H groups in total. The van der Waals surface area contributed by atoms with E-state index in [0.29, 0.717) is 35.1 Å². The van der Waals surface area contributed by atoms with Gasteiger partial charge in [-0.1, -0.05) is 18.2 Å². The number of nitrogens with one attached hydrogen (secondary N) is 1. The van der Waals surface area contributed by atoms with E-state index in [1.165, 1.54) is 24.3 Å². The molecule has 0 unspecified atom stereocenters. The van der Waals surface area contributed by atoms with Gasteiger partial charge in [-0.05, 0) is 53.9 Å². The van der Waals surface area contributed by atoms with Crippen molar-refractivity contribution in [1.82, 2.24) is 15.0 Å². The van der Waals surface area contributed by atoms with Crippen molar-refractivity contribution in [2.24, 2.45) is 20.5 Å². The van der Waals surface area contributed by atoms with Crippen LogP contribution in [0.5, 0.6) is 5.75 Å². The molecule has 0 radical (unpaired) electrons. The third-order valence-corrected chi connectivity index (χ3v) is 11.3. The molecule has 0 aliphatic carbocycles. The molecule has 314 valence electrons. The summed E-state index contributed by atoms with van der Waals surface area (Å²) in [4.78, 5) is 7.91. The quantitative estimate of drug-likeness (QED) is 0.0185. The SMILES string of the molecule is Nc1nc(N)nc(Nc2c(N=Nc3cccc4c(S(=O)(=O)[O-])cc(S(=O)(=O)[O-])cc34)c(S(=O)(=O)[O-])cc3cc(SOO[O-])c(N=Nc4cccc(SOO[O-])c4)c(O)c23)n1.[Na+].[Na+].[Na+].[Na+].[Na+]. The Labute approximate surface area is 485 Å². The Hall–Kier alpha value is -0.780. The maximum atomic E-state index is 12.9. The fourth-order valence-electron chi connectivity index (χ4n) is 5.29. The van der Waals surface area contributed by atoms with Gasteiger partial charge < -0.3 is 46.1 Å². The molecule has 0 amide bonds. The van der Waals surface area contributed by atoms with Crippen LogP contribution in [-0.4, -0.2) is 59.0 Å². The second-order valence-electron chi connectivity index (χ2n) is 11.3. The summed E-state index contributed by atoms with van der Waals surface area (Å²) in [6.45, 7) is 0. The molecule has 0 saturated heterocycles. The fourth-order valence-corrected chi connectivity index (χ4v) is 8.16. The van der Waals surface area contributed by atoms with Crippen molar-refractivity contribution in [2.45, 2.75) is 24.5 Å². The van der Waals surface area contributed by atoms with Gasteiger partial charge in [-0.3, -0.25) is 10.1 Å². The number of phenolic OH excluding ortho intramolecular Hbond substituents is 1. The zero-order chi connectivity index (χ0) is 43.6. The van der Waals surface area contributed by atoms with E-state index in [4.69, 9.17) is 11.5 Å². The van der Waals surface area contributed by atoms with Crippen molar-refractivity contribution in [1.29, 1.82) is 0 Å².